The van der Waals surface area contributed by atoms with Crippen LogP contribution in [-0.2, 0) is 10.9 Å². The number of amides is 1. The maximum atomic E-state index is 12.5. The quantitative estimate of drug-likeness (QED) is 0.769. The van der Waals surface area contributed by atoms with Crippen LogP contribution >= 0.6 is 15.9 Å². The highest BCUT2D eigenvalue weighted by Crippen LogP contribution is 2.29. The minimum Gasteiger partial charge on any atom is -0.465 e. The second kappa shape index (κ2) is 7.04. The molecule has 0 saturated carbocycles. The Morgan fingerprint density at radius 2 is 1.71 bits per heavy atom. The van der Waals surface area contributed by atoms with Crippen molar-refractivity contribution in [1.82, 2.24) is 0 Å². The number of benzene rings is 2. The van der Waals surface area contributed by atoms with Crippen LogP contribution in [0.1, 0.15) is 26.3 Å². The molecule has 2 aromatic rings. The molecular weight excluding hydrogens is 391 g/mol. The number of nitrogens with one attached hydrogen (secondary N) is 1. The van der Waals surface area contributed by atoms with Gasteiger partial charge in [0.05, 0.1) is 23.9 Å². The first-order valence-electron chi connectivity index (χ1n) is 6.59. The van der Waals surface area contributed by atoms with E-state index in [1.807, 2.05) is 0 Å². The minimum absolute atomic E-state index is 0.0294. The molecule has 0 aliphatic rings. The van der Waals surface area contributed by atoms with Crippen LogP contribution in [0.25, 0.3) is 0 Å². The van der Waals surface area contributed by atoms with Crippen LogP contribution in [0.4, 0.5) is 18.9 Å². The van der Waals surface area contributed by atoms with E-state index in [-0.39, 0.29) is 16.8 Å². The lowest BCUT2D eigenvalue weighted by molar-refractivity contribution is -0.137. The van der Waals surface area contributed by atoms with Crippen LogP contribution in [0.3, 0.4) is 0 Å². The van der Waals surface area contributed by atoms with Crippen molar-refractivity contribution in [2.75, 3.05) is 12.4 Å². The lowest BCUT2D eigenvalue weighted by Gasteiger charge is -2.11. The first-order chi connectivity index (χ1) is 11.2. The molecule has 4 nitrogen and oxygen atoms in total. The number of carbonyl (C=O) groups is 2. The average molecular weight is 402 g/mol. The zero-order valence-corrected chi connectivity index (χ0v) is 13.9. The van der Waals surface area contributed by atoms with E-state index in [1.165, 1.54) is 19.2 Å². The highest BCUT2D eigenvalue weighted by molar-refractivity contribution is 9.10. The second-order valence-electron chi connectivity index (χ2n) is 4.71. The van der Waals surface area contributed by atoms with Crippen molar-refractivity contribution in [2.24, 2.45) is 0 Å². The Balaban J connectivity index is 2.25. The summed E-state index contributed by atoms with van der Waals surface area (Å²) in [6.07, 6.45) is -4.47. The van der Waals surface area contributed by atoms with Crippen LogP contribution in [0.2, 0.25) is 0 Å². The Kier molecular flexibility index (Phi) is 5.28. The largest absolute Gasteiger partial charge is 0.465 e. The van der Waals surface area contributed by atoms with Gasteiger partial charge in [-0.1, -0.05) is 15.9 Å². The summed E-state index contributed by atoms with van der Waals surface area (Å²) in [5.74, 6) is -1.30. The minimum atomic E-state index is -4.47. The summed E-state index contributed by atoms with van der Waals surface area (Å²) in [5.41, 5.74) is -0.512. The average Bonchev–Trinajstić information content (AvgIpc) is 2.55. The Labute approximate surface area is 143 Å². The number of rotatable bonds is 3. The van der Waals surface area contributed by atoms with E-state index in [4.69, 9.17) is 0 Å². The van der Waals surface area contributed by atoms with Gasteiger partial charge >= 0.3 is 12.1 Å². The van der Waals surface area contributed by atoms with E-state index in [0.29, 0.717) is 4.47 Å². The van der Waals surface area contributed by atoms with E-state index >= 15 is 0 Å². The molecule has 126 valence electrons. The van der Waals surface area contributed by atoms with E-state index in [2.05, 4.69) is 26.0 Å². The van der Waals surface area contributed by atoms with Gasteiger partial charge in [-0.2, -0.15) is 13.2 Å². The van der Waals surface area contributed by atoms with Gasteiger partial charge in [0.15, 0.2) is 0 Å². The molecule has 0 unspecified atom stereocenters. The summed E-state index contributed by atoms with van der Waals surface area (Å²) in [6, 6.07) is 8.32. The van der Waals surface area contributed by atoms with Gasteiger partial charge in [0.2, 0.25) is 0 Å². The molecule has 0 aromatic heterocycles. The normalized spacial score (nSPS) is 11.0. The van der Waals surface area contributed by atoms with Crippen molar-refractivity contribution in [1.29, 1.82) is 0 Å². The summed E-state index contributed by atoms with van der Waals surface area (Å²) in [4.78, 5) is 23.9. The zero-order chi connectivity index (χ0) is 17.9. The Hall–Kier alpha value is -2.35. The van der Waals surface area contributed by atoms with Gasteiger partial charge < -0.3 is 10.1 Å². The molecule has 8 heteroatoms. The summed E-state index contributed by atoms with van der Waals surface area (Å²) in [5, 5.41) is 2.49. The molecule has 0 aliphatic carbocycles. The van der Waals surface area contributed by atoms with Crippen molar-refractivity contribution >= 4 is 33.5 Å². The third-order valence-electron chi connectivity index (χ3n) is 3.11. The number of halogens is 4. The molecule has 0 atom stereocenters. The third-order valence-corrected chi connectivity index (χ3v) is 3.60. The smallest absolute Gasteiger partial charge is 0.416 e. The fourth-order valence-electron chi connectivity index (χ4n) is 1.91. The zero-order valence-electron chi connectivity index (χ0n) is 12.3. The predicted molar refractivity (Wildman–Crippen MR) is 84.9 cm³/mol. The number of hydrogen-bond acceptors (Lipinski definition) is 3. The van der Waals surface area contributed by atoms with Crippen LogP contribution in [0.15, 0.2) is 46.9 Å². The Bertz CT molecular complexity index is 773. The topological polar surface area (TPSA) is 55.4 Å². The first-order valence-corrected chi connectivity index (χ1v) is 7.38. The second-order valence-corrected chi connectivity index (χ2v) is 5.63. The number of hydrogen-bond donors (Lipinski definition) is 1. The van der Waals surface area contributed by atoms with E-state index in [9.17, 15) is 22.8 Å². The SMILES string of the molecule is COC(=O)c1cc(Br)ccc1NC(=O)c1ccc(C(F)(F)F)cc1. The van der Waals surface area contributed by atoms with Crippen LogP contribution in [-0.4, -0.2) is 19.0 Å². The number of esters is 1. The van der Waals surface area contributed by atoms with E-state index in [0.717, 1.165) is 24.3 Å². The Morgan fingerprint density at radius 1 is 1.08 bits per heavy atom. The summed E-state index contributed by atoms with van der Waals surface area (Å²) in [7, 11) is 1.20. The molecule has 0 aliphatic heterocycles. The Morgan fingerprint density at radius 3 is 2.25 bits per heavy atom. The van der Waals surface area contributed by atoms with Gasteiger partial charge in [-0.05, 0) is 42.5 Å². The summed E-state index contributed by atoms with van der Waals surface area (Å²) >= 11 is 3.20. The first kappa shape index (κ1) is 18.0. The highest BCUT2D eigenvalue weighted by atomic mass is 79.9. The van der Waals surface area contributed by atoms with Crippen molar-refractivity contribution in [3.8, 4) is 0 Å². The molecule has 0 saturated heterocycles. The predicted octanol–water partition coefficient (Wildman–Crippen LogP) is 4.51. The number of methoxy groups -OCH3 is 1. The molecule has 2 rings (SSSR count). The molecule has 0 spiro atoms. The molecule has 1 amide bonds. The molecule has 24 heavy (non-hydrogen) atoms. The van der Waals surface area contributed by atoms with Crippen molar-refractivity contribution in [3.05, 3.63) is 63.6 Å². The lowest BCUT2D eigenvalue weighted by Crippen LogP contribution is -2.16. The van der Waals surface area contributed by atoms with Gasteiger partial charge in [-0.3, -0.25) is 4.79 Å². The standard InChI is InChI=1S/C16H11BrF3NO3/c1-24-15(23)12-8-11(17)6-7-13(12)21-14(22)9-2-4-10(5-3-9)16(18,19)20/h2-8H,1H3,(H,21,22). The molecular formula is C16H11BrF3NO3. The van der Waals surface area contributed by atoms with E-state index in [1.54, 1.807) is 6.07 Å². The van der Waals surface area contributed by atoms with Gasteiger partial charge in [0.1, 0.15) is 0 Å². The molecule has 1 N–H and O–H groups in total. The van der Waals surface area contributed by atoms with Crippen molar-refractivity contribution in [3.63, 3.8) is 0 Å². The third kappa shape index (κ3) is 4.14. The maximum Gasteiger partial charge on any atom is 0.416 e. The van der Waals surface area contributed by atoms with Gasteiger partial charge in [-0.15, -0.1) is 0 Å². The number of ether oxygens (including phenoxy) is 1. The monoisotopic (exact) mass is 401 g/mol. The summed E-state index contributed by atoms with van der Waals surface area (Å²) < 4.78 is 42.8. The van der Waals surface area contributed by atoms with Crippen LogP contribution in [0, 0.1) is 0 Å². The van der Waals surface area contributed by atoms with Crippen LogP contribution in [0.5, 0.6) is 0 Å². The number of alkyl halides is 3. The summed E-state index contributed by atoms with van der Waals surface area (Å²) in [6.45, 7) is 0. The molecule has 0 fully saturated rings. The fourth-order valence-corrected chi connectivity index (χ4v) is 2.27. The van der Waals surface area contributed by atoms with Crippen molar-refractivity contribution < 1.29 is 27.5 Å². The van der Waals surface area contributed by atoms with Gasteiger partial charge in [0, 0.05) is 10.0 Å². The molecule has 0 heterocycles. The van der Waals surface area contributed by atoms with Crippen LogP contribution < -0.4 is 5.32 Å². The number of carbonyl (C=O) groups excluding carboxylic acids is 2. The fraction of sp³-hybridized carbons (Fsp3) is 0.125. The number of anilines is 1. The molecule has 0 radical (unpaired) electrons. The maximum absolute atomic E-state index is 12.5. The molecule has 0 bridgehead atoms. The van der Waals surface area contributed by atoms with Gasteiger partial charge in [0.25, 0.3) is 5.91 Å². The lowest BCUT2D eigenvalue weighted by atomic mass is 10.1. The van der Waals surface area contributed by atoms with E-state index < -0.39 is 23.6 Å². The van der Waals surface area contributed by atoms with Gasteiger partial charge in [-0.25, -0.2) is 4.79 Å². The molecule has 2 aromatic carbocycles. The highest BCUT2D eigenvalue weighted by Gasteiger charge is 2.30. The van der Waals surface area contributed by atoms with Crippen molar-refractivity contribution in [2.45, 2.75) is 6.18 Å².